The zero-order valence-electron chi connectivity index (χ0n) is 2.94. The van der Waals surface area contributed by atoms with Crippen LogP contribution in [0.4, 0.5) is 0 Å². The Morgan fingerprint density at radius 2 is 0.545 bits per heavy atom. The molecule has 2 heteroatoms. The van der Waals surface area contributed by atoms with E-state index in [1.54, 1.807) is 0 Å². The second-order valence-electron chi connectivity index (χ2n) is 0.354. The van der Waals surface area contributed by atoms with Gasteiger partial charge in [-0.15, -0.1) is 0 Å². The van der Waals surface area contributed by atoms with Gasteiger partial charge < -0.3 is 20.3 Å². The molecule has 0 aliphatic rings. The second kappa shape index (κ2) is 217. The monoisotopic (exact) mass is 506 g/mol. The molecule has 0 spiro atoms. The first-order valence-corrected chi connectivity index (χ1v) is 1.000. The molecule has 0 fully saturated rings. The van der Waals surface area contributed by atoms with Crippen LogP contribution in [0.5, 0.6) is 0 Å². The Hall–Kier alpha value is 1.38. The molecule has 0 aromatic carbocycles. The molecule has 0 rings (SSSR count). The first-order chi connectivity index (χ1) is 1.41. The molecule has 0 aromatic heterocycles. The zero-order valence-corrected chi connectivity index (χ0v) is 8.80. The van der Waals surface area contributed by atoms with E-state index in [9.17, 15) is 0 Å². The average Bonchev–Trinajstić information content (AvgIpc) is 0.918. The largest absolute Gasteiger partial charge is 0.372 e. The van der Waals surface area contributed by atoms with Crippen LogP contribution in [0.25, 0.3) is 0 Å². The summed E-state index contributed by atoms with van der Waals surface area (Å²) < 4.78 is 0. The fourth-order valence-corrected chi connectivity index (χ4v) is 0. The van der Waals surface area contributed by atoms with E-state index in [0.29, 0.717) is 0 Å². The van der Waals surface area contributed by atoms with Gasteiger partial charge in [0.25, 0.3) is 0 Å². The molecule has 0 atom stereocenters. The summed E-state index contributed by atoms with van der Waals surface area (Å²) >= 11 is 0. The third kappa shape index (κ3) is 528. The Kier molecular flexibility index (Phi) is 2770. The Morgan fingerprint density at radius 1 is 0.545 bits per heavy atom. The van der Waals surface area contributed by atoms with Crippen molar-refractivity contribution >= 4 is 0 Å². The maximum Gasteiger partial charge on any atom is 0 e. The van der Waals surface area contributed by atoms with Crippen molar-refractivity contribution in [3.63, 3.8) is 0 Å². The minimum Gasteiger partial charge on any atom is -0.372 e. The van der Waals surface area contributed by atoms with Crippen LogP contribution in [0.15, 0.2) is 0 Å². The number of hydrogen-bond donors (Lipinski definition) is 0. The Bertz CT molecular complexity index is 7.52. The quantitative estimate of drug-likeness (QED) is 0.413. The molecule has 0 aliphatic heterocycles. The van der Waals surface area contributed by atoms with Gasteiger partial charge in [0.15, 0.2) is 0 Å². The van der Waals surface area contributed by atoms with Gasteiger partial charge >= 0.3 is 0 Å². The molecule has 0 nitrogen and oxygen atoms in total. The van der Waals surface area contributed by atoms with Crippen LogP contribution in [0.3, 0.4) is 0 Å². The molecule has 0 amide bonds. The van der Waals surface area contributed by atoms with Crippen molar-refractivity contribution in [3.8, 4) is 0 Å². The van der Waals surface area contributed by atoms with Gasteiger partial charge in [0.2, 0.25) is 0 Å². The SMILES string of the molecule is C.C.C.C.C.C.[CH2-]C[CH2-].[W].[W]. The van der Waals surface area contributed by atoms with Crippen molar-refractivity contribution in [1.29, 1.82) is 0 Å². The van der Waals surface area contributed by atoms with E-state index in [4.69, 9.17) is 0 Å². The molecule has 0 radical (unpaired) electrons. The molecule has 0 unspecified atom stereocenters. The first-order valence-electron chi connectivity index (χ1n) is 1.000. The van der Waals surface area contributed by atoms with E-state index in [0.717, 1.165) is 6.42 Å². The standard InChI is InChI=1S/C3H6.6CH4.2W/c1-3-2;;;;;;;;/h1-3H2;6*1H4;;/q-2;;;;;;;;. The van der Waals surface area contributed by atoms with E-state index in [2.05, 4.69) is 13.8 Å². The maximum atomic E-state index is 3.38. The molecular weight excluding hydrogens is 476 g/mol. The van der Waals surface area contributed by atoms with Crippen molar-refractivity contribution in [2.24, 2.45) is 0 Å². The summed E-state index contributed by atoms with van der Waals surface area (Å²) in [6.45, 7) is 6.75. The topological polar surface area (TPSA) is 0 Å². The van der Waals surface area contributed by atoms with E-state index in [-0.39, 0.29) is 86.7 Å². The maximum absolute atomic E-state index is 3.38. The van der Waals surface area contributed by atoms with Crippen LogP contribution in [0, 0.1) is 13.8 Å². The Morgan fingerprint density at radius 3 is 0.545 bits per heavy atom. The Balaban J connectivity index is -0.000000000714. The second-order valence-corrected chi connectivity index (χ2v) is 0.354. The number of rotatable bonds is 0. The van der Waals surface area contributed by atoms with Crippen molar-refractivity contribution < 1.29 is 42.1 Å². The van der Waals surface area contributed by atoms with Gasteiger partial charge in [-0.1, -0.05) is 44.6 Å². The van der Waals surface area contributed by atoms with Gasteiger partial charge in [-0.25, -0.2) is 0 Å². The molecule has 0 aliphatic carbocycles. The average molecular weight is 506 g/mol. The number of hydrogen-bond acceptors (Lipinski definition) is 0. The van der Waals surface area contributed by atoms with Crippen LogP contribution in [0.2, 0.25) is 0 Å². The van der Waals surface area contributed by atoms with Gasteiger partial charge in [0.05, 0.1) is 0 Å². The third-order valence-corrected chi connectivity index (χ3v) is 0. The molecule has 0 N–H and O–H groups in total. The van der Waals surface area contributed by atoms with Crippen LogP contribution in [-0.2, 0) is 42.1 Å². The zero-order chi connectivity index (χ0) is 2.71. The van der Waals surface area contributed by atoms with Crippen LogP contribution in [0.1, 0.15) is 51.0 Å². The predicted molar refractivity (Wildman–Crippen MR) is 55.7 cm³/mol. The summed E-state index contributed by atoms with van der Waals surface area (Å²) in [7, 11) is 0. The summed E-state index contributed by atoms with van der Waals surface area (Å²) in [5, 5.41) is 0. The van der Waals surface area contributed by atoms with Crippen molar-refractivity contribution in [3.05, 3.63) is 13.8 Å². The van der Waals surface area contributed by atoms with Crippen molar-refractivity contribution in [2.45, 2.75) is 51.0 Å². The van der Waals surface area contributed by atoms with Crippen molar-refractivity contribution in [1.82, 2.24) is 0 Å². The fraction of sp³-hybridized carbons (Fsp3) is 0.778. The normalized spacial score (nSPS) is 1.64. The first kappa shape index (κ1) is 140. The van der Waals surface area contributed by atoms with E-state index < -0.39 is 0 Å². The molecule has 0 saturated carbocycles. The molecule has 0 saturated heterocycles. The van der Waals surface area contributed by atoms with Crippen molar-refractivity contribution in [2.75, 3.05) is 0 Å². The van der Waals surface area contributed by atoms with Gasteiger partial charge in [0, 0.05) is 42.1 Å². The molecule has 0 heterocycles. The summed E-state index contributed by atoms with van der Waals surface area (Å²) in [6, 6.07) is 0. The summed E-state index contributed by atoms with van der Waals surface area (Å²) in [5.74, 6) is 0. The molecular formula is C9H30W2-2. The predicted octanol–water partition coefficient (Wildman–Crippen LogP) is 4.86. The summed E-state index contributed by atoms with van der Waals surface area (Å²) in [5.41, 5.74) is 0. The van der Waals surface area contributed by atoms with Gasteiger partial charge in [0.1, 0.15) is 0 Å². The minimum absolute atomic E-state index is 0. The third-order valence-electron chi connectivity index (χ3n) is 0. The van der Waals surface area contributed by atoms with E-state index in [1.165, 1.54) is 0 Å². The van der Waals surface area contributed by atoms with Gasteiger partial charge in [-0.2, -0.15) is 0 Å². The van der Waals surface area contributed by atoms with Crippen LogP contribution >= 0.6 is 0 Å². The fourth-order valence-electron chi connectivity index (χ4n) is 0. The van der Waals surface area contributed by atoms with E-state index in [1.807, 2.05) is 0 Å². The smallest absolute Gasteiger partial charge is 0 e. The molecule has 11 heavy (non-hydrogen) atoms. The van der Waals surface area contributed by atoms with Crippen LogP contribution < -0.4 is 0 Å². The Labute approximate surface area is 106 Å². The summed E-state index contributed by atoms with van der Waals surface area (Å²) in [6.07, 6.45) is 0.750. The minimum atomic E-state index is 0. The van der Waals surface area contributed by atoms with Gasteiger partial charge in [-0.05, 0) is 0 Å². The molecule has 0 aromatic rings. The molecule has 80 valence electrons. The molecule has 0 bridgehead atoms. The summed E-state index contributed by atoms with van der Waals surface area (Å²) in [4.78, 5) is 0. The van der Waals surface area contributed by atoms with Gasteiger partial charge in [-0.3, -0.25) is 0 Å². The van der Waals surface area contributed by atoms with E-state index >= 15 is 0 Å². The van der Waals surface area contributed by atoms with Crippen LogP contribution in [-0.4, -0.2) is 0 Å².